The Morgan fingerprint density at radius 1 is 1.32 bits per heavy atom. The molecule has 0 saturated carbocycles. The largest absolute Gasteiger partial charge is 0.466 e. The summed E-state index contributed by atoms with van der Waals surface area (Å²) in [6.07, 6.45) is 1.21. The third-order valence-corrected chi connectivity index (χ3v) is 6.29. The number of esters is 1. The molecule has 34 heavy (non-hydrogen) atoms. The first-order valence-corrected chi connectivity index (χ1v) is 11.6. The zero-order chi connectivity index (χ0) is 24.4. The Morgan fingerprint density at radius 2 is 2.12 bits per heavy atom. The number of benzene rings is 1. The third kappa shape index (κ3) is 4.91. The van der Waals surface area contributed by atoms with Gasteiger partial charge in [-0.1, -0.05) is 17.7 Å². The van der Waals surface area contributed by atoms with E-state index in [2.05, 4.69) is 20.6 Å². The number of carbonyl (C=O) groups excluding carboxylic acids is 3. The number of nitrogens with one attached hydrogen (secondary N) is 3. The molecule has 11 heteroatoms. The summed E-state index contributed by atoms with van der Waals surface area (Å²) < 4.78 is 5.13. The summed E-state index contributed by atoms with van der Waals surface area (Å²) >= 11 is 6.22. The lowest BCUT2D eigenvalue weighted by Gasteiger charge is -2.32. The minimum absolute atomic E-state index is 0.0448. The molecule has 3 heterocycles. The fourth-order valence-corrected chi connectivity index (χ4v) is 4.58. The van der Waals surface area contributed by atoms with Crippen LogP contribution in [-0.4, -0.2) is 47.4 Å². The highest BCUT2D eigenvalue weighted by molar-refractivity contribution is 6.33. The number of hydrogen-bond donors (Lipinski definition) is 3. The first-order chi connectivity index (χ1) is 16.3. The maximum atomic E-state index is 13.1. The normalized spacial score (nSPS) is 19.7. The number of rotatable bonds is 5. The van der Waals surface area contributed by atoms with Crippen LogP contribution < -0.4 is 21.1 Å². The number of aromatic amines is 1. The van der Waals surface area contributed by atoms with Gasteiger partial charge in [-0.15, -0.1) is 0 Å². The molecule has 4 rings (SSSR count). The number of aryl methyl sites for hydroxylation is 1. The number of anilines is 3. The maximum Gasteiger partial charge on any atom is 0.310 e. The van der Waals surface area contributed by atoms with Crippen molar-refractivity contribution < 1.29 is 19.1 Å². The van der Waals surface area contributed by atoms with Crippen LogP contribution in [0.1, 0.15) is 43.2 Å². The van der Waals surface area contributed by atoms with Gasteiger partial charge in [-0.2, -0.15) is 4.98 Å². The van der Waals surface area contributed by atoms with Crippen LogP contribution in [0, 0.1) is 12.8 Å². The summed E-state index contributed by atoms with van der Waals surface area (Å²) in [5.41, 5.74) is 0.891. The average molecular weight is 488 g/mol. The van der Waals surface area contributed by atoms with Crippen LogP contribution in [0.4, 0.5) is 17.5 Å². The van der Waals surface area contributed by atoms with Gasteiger partial charge < -0.3 is 20.3 Å². The quantitative estimate of drug-likeness (QED) is 0.552. The molecule has 0 bridgehead atoms. The number of fused-ring (bicyclic) bond motifs is 1. The Balaban J connectivity index is 1.60. The van der Waals surface area contributed by atoms with Crippen LogP contribution in [0.15, 0.2) is 23.0 Å². The van der Waals surface area contributed by atoms with E-state index in [1.54, 1.807) is 30.0 Å². The molecule has 2 aliphatic rings. The number of ether oxygens (including phenoxy) is 1. The monoisotopic (exact) mass is 487 g/mol. The molecule has 1 aromatic carbocycles. The summed E-state index contributed by atoms with van der Waals surface area (Å²) in [5, 5.41) is 5.68. The number of H-pyrrole nitrogens is 1. The lowest BCUT2D eigenvalue weighted by molar-refractivity contribution is -0.148. The van der Waals surface area contributed by atoms with Crippen LogP contribution in [0.5, 0.6) is 0 Å². The molecule has 1 aromatic heterocycles. The topological polar surface area (TPSA) is 133 Å². The Morgan fingerprint density at radius 3 is 2.85 bits per heavy atom. The van der Waals surface area contributed by atoms with Crippen LogP contribution in [0.2, 0.25) is 5.02 Å². The second-order valence-electron chi connectivity index (χ2n) is 8.47. The summed E-state index contributed by atoms with van der Waals surface area (Å²) in [7, 11) is 0. The van der Waals surface area contributed by atoms with Gasteiger partial charge in [0.1, 0.15) is 5.82 Å². The van der Waals surface area contributed by atoms with E-state index in [9.17, 15) is 19.2 Å². The van der Waals surface area contributed by atoms with E-state index in [0.717, 1.165) is 12.0 Å². The Hall–Kier alpha value is -3.40. The van der Waals surface area contributed by atoms with Crippen LogP contribution >= 0.6 is 11.6 Å². The first kappa shape index (κ1) is 23.7. The van der Waals surface area contributed by atoms with Gasteiger partial charge in [0.05, 0.1) is 34.7 Å². The number of piperidine rings is 1. The zero-order valence-corrected chi connectivity index (χ0v) is 19.7. The summed E-state index contributed by atoms with van der Waals surface area (Å²) in [5.74, 6) is -2.31. The smallest absolute Gasteiger partial charge is 0.310 e. The summed E-state index contributed by atoms with van der Waals surface area (Å²) in [6.45, 7) is 4.85. The van der Waals surface area contributed by atoms with Crippen molar-refractivity contribution in [1.29, 1.82) is 0 Å². The second-order valence-corrected chi connectivity index (χ2v) is 8.87. The Labute approximate surface area is 201 Å². The van der Waals surface area contributed by atoms with Gasteiger partial charge in [0.2, 0.25) is 17.8 Å². The van der Waals surface area contributed by atoms with Crippen molar-refractivity contribution in [1.82, 2.24) is 9.97 Å². The fraction of sp³-hybridized carbons (Fsp3) is 0.435. The minimum Gasteiger partial charge on any atom is -0.466 e. The Kier molecular flexibility index (Phi) is 6.87. The first-order valence-electron chi connectivity index (χ1n) is 11.2. The summed E-state index contributed by atoms with van der Waals surface area (Å²) in [6, 6.07) is 5.18. The van der Waals surface area contributed by atoms with Gasteiger partial charge >= 0.3 is 5.97 Å². The molecule has 0 aliphatic carbocycles. The lowest BCUT2D eigenvalue weighted by atomic mass is 9.92. The number of nitrogens with zero attached hydrogens (tertiary/aromatic N) is 2. The molecule has 1 fully saturated rings. The van der Waals surface area contributed by atoms with Crippen molar-refractivity contribution in [2.24, 2.45) is 5.92 Å². The van der Waals surface area contributed by atoms with E-state index < -0.39 is 23.3 Å². The van der Waals surface area contributed by atoms with Crippen molar-refractivity contribution in [3.63, 3.8) is 0 Å². The molecule has 1 saturated heterocycles. The van der Waals surface area contributed by atoms with Crippen molar-refractivity contribution in [2.45, 2.75) is 39.0 Å². The predicted molar refractivity (Wildman–Crippen MR) is 127 cm³/mol. The summed E-state index contributed by atoms with van der Waals surface area (Å²) in [4.78, 5) is 59.6. The molecule has 2 unspecified atom stereocenters. The highest BCUT2D eigenvalue weighted by atomic mass is 35.5. The predicted octanol–water partition coefficient (Wildman–Crippen LogP) is 2.58. The molecule has 180 valence electrons. The maximum absolute atomic E-state index is 13.1. The van der Waals surface area contributed by atoms with Crippen molar-refractivity contribution >= 4 is 46.8 Å². The van der Waals surface area contributed by atoms with E-state index in [1.165, 1.54) is 0 Å². The molecule has 0 radical (unpaired) electrons. The molecule has 0 spiro atoms. The van der Waals surface area contributed by atoms with Gasteiger partial charge in [-0.3, -0.25) is 24.2 Å². The molecular weight excluding hydrogens is 462 g/mol. The van der Waals surface area contributed by atoms with Gasteiger partial charge in [0, 0.05) is 19.5 Å². The minimum atomic E-state index is -1.03. The van der Waals surface area contributed by atoms with E-state index in [1.807, 2.05) is 6.92 Å². The van der Waals surface area contributed by atoms with Gasteiger partial charge in [0.15, 0.2) is 0 Å². The standard InChI is InChI=1S/C23H26ClN5O5/c1-3-34-22(33)13-5-4-8-29(11-13)23-27-19-18(21(32)28-23)14(10-17(30)26-19)20(31)25-16-7-6-12(2)9-15(16)24/h6-7,9,13-14H,3-5,8,10-11H2,1-2H3,(H,25,31)(H2,26,27,28,30,32). The van der Waals surface area contributed by atoms with Gasteiger partial charge in [-0.25, -0.2) is 0 Å². The number of halogens is 1. The highest BCUT2D eigenvalue weighted by Crippen LogP contribution is 2.32. The SMILES string of the molecule is CCOC(=O)C1CCCN(c2nc3c(c(=O)[nH]2)C(C(=O)Nc2ccc(C)cc2Cl)CC(=O)N3)C1. The van der Waals surface area contributed by atoms with Gasteiger partial charge in [-0.05, 0) is 44.4 Å². The molecule has 2 atom stereocenters. The number of hydrogen-bond acceptors (Lipinski definition) is 7. The van der Waals surface area contributed by atoms with E-state index in [-0.39, 0.29) is 35.6 Å². The zero-order valence-electron chi connectivity index (χ0n) is 18.9. The Bertz CT molecular complexity index is 1200. The van der Waals surface area contributed by atoms with Crippen molar-refractivity contribution in [2.75, 3.05) is 35.2 Å². The van der Waals surface area contributed by atoms with Crippen molar-refractivity contribution in [3.8, 4) is 0 Å². The van der Waals surface area contributed by atoms with E-state index in [0.29, 0.717) is 36.8 Å². The number of carbonyl (C=O) groups is 3. The molecule has 2 amide bonds. The highest BCUT2D eigenvalue weighted by Gasteiger charge is 2.36. The molecule has 3 N–H and O–H groups in total. The lowest BCUT2D eigenvalue weighted by Crippen LogP contribution is -2.42. The van der Waals surface area contributed by atoms with Crippen molar-refractivity contribution in [3.05, 3.63) is 44.7 Å². The van der Waals surface area contributed by atoms with Gasteiger partial charge in [0.25, 0.3) is 5.56 Å². The van der Waals surface area contributed by atoms with E-state index >= 15 is 0 Å². The average Bonchev–Trinajstić information content (AvgIpc) is 2.80. The van der Waals surface area contributed by atoms with Crippen LogP contribution in [-0.2, 0) is 19.1 Å². The number of amides is 2. The number of aromatic nitrogens is 2. The second kappa shape index (κ2) is 9.84. The van der Waals surface area contributed by atoms with Crippen LogP contribution in [0.25, 0.3) is 0 Å². The molecule has 10 nitrogen and oxygen atoms in total. The molecule has 2 aliphatic heterocycles. The molecular formula is C23H26ClN5O5. The van der Waals surface area contributed by atoms with E-state index in [4.69, 9.17) is 16.3 Å². The van der Waals surface area contributed by atoms with Crippen LogP contribution in [0.3, 0.4) is 0 Å². The fourth-order valence-electron chi connectivity index (χ4n) is 4.30. The molecule has 2 aromatic rings. The third-order valence-electron chi connectivity index (χ3n) is 5.98.